The molecule has 0 heterocycles. The molecule has 0 bridgehead atoms. The summed E-state index contributed by atoms with van der Waals surface area (Å²) in [6, 6.07) is 8.63. The van der Waals surface area contributed by atoms with E-state index in [0.717, 1.165) is 14.0 Å². The lowest BCUT2D eigenvalue weighted by Crippen LogP contribution is -2.38. The van der Waals surface area contributed by atoms with Crippen LogP contribution in [0.4, 0.5) is 4.39 Å². The van der Waals surface area contributed by atoms with Crippen molar-refractivity contribution in [2.45, 2.75) is 12.6 Å². The first kappa shape index (κ1) is 10.7. The van der Waals surface area contributed by atoms with Crippen LogP contribution in [0.25, 0.3) is 0 Å². The Kier molecular flexibility index (Phi) is 2.86. The molecule has 14 heavy (non-hydrogen) atoms. The zero-order valence-corrected chi connectivity index (χ0v) is 7.99. The van der Waals surface area contributed by atoms with Gasteiger partial charge in [-0.2, -0.15) is 0 Å². The third kappa shape index (κ3) is 1.90. The number of nitrogens with zero attached hydrogens (tertiary/aromatic N) is 1. The van der Waals surface area contributed by atoms with Crippen LogP contribution in [0.5, 0.6) is 0 Å². The lowest BCUT2D eigenvalue weighted by molar-refractivity contribution is -0.172. The van der Waals surface area contributed by atoms with Gasteiger partial charge in [0.15, 0.2) is 0 Å². The summed E-state index contributed by atoms with van der Waals surface area (Å²) in [4.78, 5) is 11.3. The summed E-state index contributed by atoms with van der Waals surface area (Å²) < 4.78 is 13.9. The Morgan fingerprint density at radius 3 is 2.50 bits per heavy atom. The molecule has 0 unspecified atom stereocenters. The van der Waals surface area contributed by atoms with Gasteiger partial charge in [0.05, 0.1) is 0 Å². The number of hydroxylamine groups is 2. The smallest absolute Gasteiger partial charge is 0.286 e. The molecule has 1 rings (SSSR count). The Morgan fingerprint density at radius 2 is 2.07 bits per heavy atom. The minimum Gasteiger partial charge on any atom is -0.286 e. The molecular weight excluding hydrogens is 185 g/mol. The lowest BCUT2D eigenvalue weighted by Gasteiger charge is -2.22. The van der Waals surface area contributed by atoms with E-state index in [4.69, 9.17) is 5.21 Å². The zero-order valence-electron chi connectivity index (χ0n) is 7.99. The maximum Gasteiger partial charge on any atom is 0.287 e. The maximum absolute atomic E-state index is 13.9. The highest BCUT2D eigenvalue weighted by Crippen LogP contribution is 2.26. The summed E-state index contributed by atoms with van der Waals surface area (Å²) in [5, 5.41) is 9.10. The Morgan fingerprint density at radius 1 is 1.57 bits per heavy atom. The number of carbonyl (C=O) groups excluding carboxylic acids is 1. The van der Waals surface area contributed by atoms with E-state index < -0.39 is 11.6 Å². The molecule has 1 aromatic carbocycles. The van der Waals surface area contributed by atoms with Gasteiger partial charge < -0.3 is 0 Å². The summed E-state index contributed by atoms with van der Waals surface area (Å²) in [6.07, 6.45) is 0. The van der Waals surface area contributed by atoms with Crippen molar-refractivity contribution in [2.75, 3.05) is 7.05 Å². The van der Waals surface area contributed by atoms with Crippen LogP contribution in [-0.2, 0) is 10.5 Å². The third-order valence-corrected chi connectivity index (χ3v) is 1.96. The van der Waals surface area contributed by atoms with Crippen LogP contribution >= 0.6 is 0 Å². The van der Waals surface area contributed by atoms with Crippen molar-refractivity contribution < 1.29 is 14.4 Å². The molecule has 1 aromatic rings. The number of amides is 1. The van der Waals surface area contributed by atoms with Crippen LogP contribution < -0.4 is 0 Å². The maximum atomic E-state index is 13.9. The fraction of sp³-hybridized carbons (Fsp3) is 0.300. The fourth-order valence-corrected chi connectivity index (χ4v) is 1.13. The van der Waals surface area contributed by atoms with Crippen LogP contribution in [0.2, 0.25) is 0 Å². The number of halogens is 1. The summed E-state index contributed by atoms with van der Waals surface area (Å²) in [5.41, 5.74) is -2.01. The molecule has 0 saturated carbocycles. The molecule has 4 heteroatoms. The minimum atomic E-state index is -2.21. The van der Waals surface area contributed by atoms with Gasteiger partial charge in [-0.3, -0.25) is 10.0 Å². The predicted molar refractivity (Wildman–Crippen MR) is 48.3 cm³/mol. The first-order valence-electron chi connectivity index (χ1n) is 4.09. The van der Waals surface area contributed by atoms with Gasteiger partial charge in [0.2, 0.25) is 5.67 Å². The van der Waals surface area contributed by atoms with Crippen molar-refractivity contribution in [3.8, 4) is 0 Å². The van der Waals surface area contributed by atoms with Crippen LogP contribution in [0.1, 0.15) is 12.5 Å². The number of rotatable bonds is 2. The Hall–Kier alpha value is -1.42. The van der Waals surface area contributed by atoms with E-state index in [9.17, 15) is 9.18 Å². The SMILES string of the molecule is CN(O)C(=O)[C@@](C)(F)c1cc[c]cc1. The van der Waals surface area contributed by atoms with Gasteiger partial charge in [-0.05, 0) is 18.6 Å². The van der Waals surface area contributed by atoms with Crippen LogP contribution in [0, 0.1) is 6.07 Å². The van der Waals surface area contributed by atoms with Crippen LogP contribution in [0.3, 0.4) is 0 Å². The van der Waals surface area contributed by atoms with Gasteiger partial charge in [-0.15, -0.1) is 0 Å². The first-order valence-corrected chi connectivity index (χ1v) is 4.09. The summed E-state index contributed by atoms with van der Waals surface area (Å²) in [5.74, 6) is -0.997. The Balaban J connectivity index is 3.02. The van der Waals surface area contributed by atoms with Crippen LogP contribution in [-0.4, -0.2) is 23.2 Å². The molecule has 0 aliphatic heterocycles. The molecule has 1 radical (unpaired) electrons. The van der Waals surface area contributed by atoms with E-state index >= 15 is 0 Å². The quantitative estimate of drug-likeness (QED) is 0.575. The van der Waals surface area contributed by atoms with Crippen molar-refractivity contribution in [2.24, 2.45) is 0 Å². The van der Waals surface area contributed by atoms with Gasteiger partial charge in [0.1, 0.15) is 0 Å². The molecular formula is C10H11FNO2. The molecule has 1 N–H and O–H groups in total. The van der Waals surface area contributed by atoms with E-state index in [0.29, 0.717) is 0 Å². The van der Waals surface area contributed by atoms with Gasteiger partial charge in [0, 0.05) is 7.05 Å². The van der Waals surface area contributed by atoms with Gasteiger partial charge in [-0.1, -0.05) is 24.3 Å². The molecule has 0 aliphatic rings. The molecule has 0 aromatic heterocycles. The minimum absolute atomic E-state index is 0.196. The van der Waals surface area contributed by atoms with E-state index in [1.165, 1.54) is 24.3 Å². The standard InChI is InChI=1S/C10H11FNO2/c1-10(11,9(13)12(2)14)8-6-4-3-5-7-8/h4-7,14H,1-2H3/t10-/m0/s1. The molecule has 1 atom stereocenters. The van der Waals surface area contributed by atoms with Gasteiger partial charge in [0.25, 0.3) is 5.91 Å². The van der Waals surface area contributed by atoms with Crippen molar-refractivity contribution >= 4 is 5.91 Å². The number of likely N-dealkylation sites (N-methyl/N-ethyl adjacent to an activating group) is 1. The summed E-state index contributed by atoms with van der Waals surface area (Å²) in [6.45, 7) is 1.11. The number of alkyl halides is 1. The number of hydrogen-bond donors (Lipinski definition) is 1. The number of hydrogen-bond acceptors (Lipinski definition) is 2. The number of carbonyl (C=O) groups is 1. The highest BCUT2D eigenvalue weighted by molar-refractivity contribution is 5.84. The third-order valence-electron chi connectivity index (χ3n) is 1.96. The van der Waals surface area contributed by atoms with Gasteiger partial charge >= 0.3 is 0 Å². The monoisotopic (exact) mass is 196 g/mol. The molecule has 75 valence electrons. The predicted octanol–water partition coefficient (Wildman–Crippen LogP) is 1.52. The summed E-state index contributed by atoms with van der Waals surface area (Å²) in [7, 11) is 1.09. The van der Waals surface area contributed by atoms with Gasteiger partial charge in [-0.25, -0.2) is 9.45 Å². The topological polar surface area (TPSA) is 40.5 Å². The van der Waals surface area contributed by atoms with E-state index in [2.05, 4.69) is 6.07 Å². The Labute approximate surface area is 81.7 Å². The average Bonchev–Trinajstić information content (AvgIpc) is 2.18. The zero-order chi connectivity index (χ0) is 10.8. The van der Waals surface area contributed by atoms with Crippen molar-refractivity contribution in [1.82, 2.24) is 5.06 Å². The lowest BCUT2D eigenvalue weighted by atomic mass is 9.97. The van der Waals surface area contributed by atoms with E-state index in [-0.39, 0.29) is 10.6 Å². The van der Waals surface area contributed by atoms with E-state index in [1.807, 2.05) is 0 Å². The molecule has 0 saturated heterocycles. The van der Waals surface area contributed by atoms with Crippen molar-refractivity contribution in [3.63, 3.8) is 0 Å². The molecule has 1 amide bonds. The second-order valence-electron chi connectivity index (χ2n) is 3.12. The molecule has 0 aliphatic carbocycles. The van der Waals surface area contributed by atoms with Crippen molar-refractivity contribution in [3.05, 3.63) is 35.9 Å². The van der Waals surface area contributed by atoms with E-state index in [1.54, 1.807) is 0 Å². The Bertz CT molecular complexity index is 322. The van der Waals surface area contributed by atoms with Crippen molar-refractivity contribution in [1.29, 1.82) is 0 Å². The molecule has 0 spiro atoms. The second-order valence-corrected chi connectivity index (χ2v) is 3.12. The normalized spacial score (nSPS) is 14.6. The molecule has 0 fully saturated rings. The average molecular weight is 196 g/mol. The highest BCUT2D eigenvalue weighted by Gasteiger charge is 2.37. The fourth-order valence-electron chi connectivity index (χ4n) is 1.13. The largest absolute Gasteiger partial charge is 0.287 e. The number of benzene rings is 1. The van der Waals surface area contributed by atoms with Crippen LogP contribution in [0.15, 0.2) is 24.3 Å². The highest BCUT2D eigenvalue weighted by atomic mass is 19.1. The second kappa shape index (κ2) is 3.75. The summed E-state index contributed by atoms with van der Waals surface area (Å²) >= 11 is 0. The first-order chi connectivity index (χ1) is 6.46. The molecule has 3 nitrogen and oxygen atoms in total.